The van der Waals surface area contributed by atoms with E-state index in [1.807, 2.05) is 75.4 Å². The van der Waals surface area contributed by atoms with Crippen LogP contribution in [0.15, 0.2) is 60.7 Å². The van der Waals surface area contributed by atoms with Crippen molar-refractivity contribution in [3.05, 3.63) is 66.2 Å². The van der Waals surface area contributed by atoms with Crippen LogP contribution in [0.2, 0.25) is 0 Å². The number of carbonyl (C=O) groups excluding carboxylic acids is 1. The third-order valence-corrected chi connectivity index (χ3v) is 4.24. The van der Waals surface area contributed by atoms with Crippen molar-refractivity contribution in [2.75, 3.05) is 0 Å². The van der Waals surface area contributed by atoms with Crippen molar-refractivity contribution >= 4 is 16.8 Å². The van der Waals surface area contributed by atoms with Crippen LogP contribution in [-0.2, 0) is 10.4 Å². The fourth-order valence-electron chi connectivity index (χ4n) is 2.92. The highest BCUT2D eigenvalue weighted by Crippen LogP contribution is 2.32. The summed E-state index contributed by atoms with van der Waals surface area (Å²) in [5.41, 5.74) is 0.831. The average Bonchev–Trinajstić information content (AvgIpc) is 2.60. The number of rotatable bonds is 3. The molecule has 26 heavy (non-hydrogen) atoms. The number of carbonyl (C=O) groups is 1. The number of hydrogen-bond donors (Lipinski definition) is 2. The van der Waals surface area contributed by atoms with E-state index in [0.29, 0.717) is 5.56 Å². The van der Waals surface area contributed by atoms with E-state index in [-0.39, 0.29) is 0 Å². The Morgan fingerprint density at radius 3 is 2.23 bits per heavy atom. The van der Waals surface area contributed by atoms with Gasteiger partial charge in [0.15, 0.2) is 5.60 Å². The summed E-state index contributed by atoms with van der Waals surface area (Å²) in [5.74, 6) is -0.430. The second-order valence-electron chi connectivity index (χ2n) is 7.71. The van der Waals surface area contributed by atoms with Crippen molar-refractivity contribution in [2.24, 2.45) is 0 Å². The number of aliphatic hydroxyl groups is 1. The van der Waals surface area contributed by atoms with Gasteiger partial charge in [-0.25, -0.2) is 4.98 Å². The van der Waals surface area contributed by atoms with Crippen LogP contribution in [-0.4, -0.2) is 21.5 Å². The van der Waals surface area contributed by atoms with Crippen LogP contribution in [0.1, 0.15) is 33.3 Å². The molecule has 3 aromatic rings. The molecule has 3 rings (SSSR count). The zero-order valence-corrected chi connectivity index (χ0v) is 15.6. The van der Waals surface area contributed by atoms with Crippen LogP contribution < -0.4 is 5.32 Å². The molecule has 1 heterocycles. The molecule has 0 fully saturated rings. The maximum absolute atomic E-state index is 12.8. The fraction of sp³-hybridized carbons (Fsp3) is 0.273. The molecule has 1 unspecified atom stereocenters. The van der Waals surface area contributed by atoms with Crippen molar-refractivity contribution < 1.29 is 9.90 Å². The van der Waals surface area contributed by atoms with E-state index < -0.39 is 17.0 Å². The number of nitrogens with one attached hydrogen (secondary N) is 1. The number of para-hydroxylation sites is 1. The molecule has 1 amide bonds. The highest BCUT2D eigenvalue weighted by molar-refractivity contribution is 5.94. The highest BCUT2D eigenvalue weighted by Gasteiger charge is 2.36. The van der Waals surface area contributed by atoms with Gasteiger partial charge in [-0.05, 0) is 39.8 Å². The van der Waals surface area contributed by atoms with Gasteiger partial charge in [0.2, 0.25) is 0 Å². The molecule has 134 valence electrons. The van der Waals surface area contributed by atoms with Gasteiger partial charge in [-0.15, -0.1) is 0 Å². The Balaban J connectivity index is 2.19. The van der Waals surface area contributed by atoms with E-state index in [1.54, 1.807) is 6.07 Å². The molecule has 0 spiro atoms. The van der Waals surface area contributed by atoms with Gasteiger partial charge >= 0.3 is 0 Å². The molecule has 4 heteroatoms. The molecule has 2 aromatic carbocycles. The number of fused-ring (bicyclic) bond motifs is 1. The lowest BCUT2D eigenvalue weighted by Gasteiger charge is -2.29. The van der Waals surface area contributed by atoms with Crippen molar-refractivity contribution in [1.29, 1.82) is 0 Å². The Hall–Kier alpha value is -2.72. The van der Waals surface area contributed by atoms with Crippen LogP contribution >= 0.6 is 0 Å². The first-order valence-electron chi connectivity index (χ1n) is 8.69. The van der Waals surface area contributed by atoms with Gasteiger partial charge in [-0.1, -0.05) is 48.5 Å². The molecule has 0 saturated heterocycles. The second kappa shape index (κ2) is 6.54. The molecule has 0 saturated carbocycles. The molecule has 0 bridgehead atoms. The van der Waals surface area contributed by atoms with Crippen LogP contribution in [0.3, 0.4) is 0 Å². The summed E-state index contributed by atoms with van der Waals surface area (Å²) in [7, 11) is 0. The predicted molar refractivity (Wildman–Crippen MR) is 105 cm³/mol. The zero-order chi connectivity index (χ0) is 18.9. The quantitative estimate of drug-likeness (QED) is 0.751. The Bertz CT molecular complexity index is 941. The summed E-state index contributed by atoms with van der Waals surface area (Å²) in [6.45, 7) is 7.20. The minimum Gasteiger partial charge on any atom is -0.376 e. The standard InChI is InChI=1S/C22H24N2O2/c1-21(2,3)24-20(25)22(4,26)17-14-19(15-10-6-5-7-11-15)23-18-13-9-8-12-16(17)18/h5-14,26H,1-4H3,(H,24,25). The van der Waals surface area contributed by atoms with Crippen molar-refractivity contribution in [3.63, 3.8) is 0 Å². The van der Waals surface area contributed by atoms with E-state index in [2.05, 4.69) is 5.32 Å². The third-order valence-electron chi connectivity index (χ3n) is 4.24. The third kappa shape index (κ3) is 3.60. The molecule has 0 aliphatic rings. The maximum atomic E-state index is 12.8. The number of aromatic nitrogens is 1. The first-order chi connectivity index (χ1) is 12.2. The highest BCUT2D eigenvalue weighted by atomic mass is 16.3. The second-order valence-corrected chi connectivity index (χ2v) is 7.71. The molecule has 1 aromatic heterocycles. The SMILES string of the molecule is CC(C)(C)NC(=O)C(C)(O)c1cc(-c2ccccc2)nc2ccccc12. The van der Waals surface area contributed by atoms with E-state index in [1.165, 1.54) is 6.92 Å². The maximum Gasteiger partial charge on any atom is 0.256 e. The van der Waals surface area contributed by atoms with Gasteiger partial charge in [-0.3, -0.25) is 4.79 Å². The first kappa shape index (κ1) is 18.1. The zero-order valence-electron chi connectivity index (χ0n) is 15.6. The van der Waals surface area contributed by atoms with E-state index >= 15 is 0 Å². The summed E-state index contributed by atoms with van der Waals surface area (Å²) in [6, 6.07) is 19.1. The van der Waals surface area contributed by atoms with Crippen LogP contribution in [0, 0.1) is 0 Å². The molecule has 0 radical (unpaired) electrons. The summed E-state index contributed by atoms with van der Waals surface area (Å²) in [6.07, 6.45) is 0. The lowest BCUT2D eigenvalue weighted by Crippen LogP contribution is -2.50. The van der Waals surface area contributed by atoms with Gasteiger partial charge in [0, 0.05) is 22.1 Å². The number of hydrogen-bond acceptors (Lipinski definition) is 3. The number of benzene rings is 2. The molecule has 0 aliphatic heterocycles. The summed E-state index contributed by atoms with van der Waals surface area (Å²) in [5, 5.41) is 14.8. The molecule has 0 aliphatic carbocycles. The smallest absolute Gasteiger partial charge is 0.256 e. The lowest BCUT2D eigenvalue weighted by atomic mass is 9.89. The normalized spacial score (nSPS) is 14.0. The largest absolute Gasteiger partial charge is 0.376 e. The summed E-state index contributed by atoms with van der Waals surface area (Å²) in [4.78, 5) is 17.5. The van der Waals surface area contributed by atoms with Gasteiger partial charge in [0.25, 0.3) is 5.91 Å². The van der Waals surface area contributed by atoms with Crippen molar-refractivity contribution in [2.45, 2.75) is 38.8 Å². The van der Waals surface area contributed by atoms with Crippen LogP contribution in [0.4, 0.5) is 0 Å². The predicted octanol–water partition coefficient (Wildman–Crippen LogP) is 4.02. The van der Waals surface area contributed by atoms with Gasteiger partial charge < -0.3 is 10.4 Å². The van der Waals surface area contributed by atoms with E-state index in [4.69, 9.17) is 4.98 Å². The number of nitrogens with zero attached hydrogens (tertiary/aromatic N) is 1. The van der Waals surface area contributed by atoms with Crippen molar-refractivity contribution in [1.82, 2.24) is 10.3 Å². The average molecular weight is 348 g/mol. The fourth-order valence-corrected chi connectivity index (χ4v) is 2.92. The molecule has 2 N–H and O–H groups in total. The van der Waals surface area contributed by atoms with Crippen LogP contribution in [0.25, 0.3) is 22.2 Å². The molecule has 1 atom stereocenters. The summed E-state index contributed by atoms with van der Waals surface area (Å²) >= 11 is 0. The van der Waals surface area contributed by atoms with E-state index in [9.17, 15) is 9.90 Å². The Kier molecular flexibility index (Phi) is 4.55. The lowest BCUT2D eigenvalue weighted by molar-refractivity contribution is -0.140. The Morgan fingerprint density at radius 2 is 1.58 bits per heavy atom. The summed E-state index contributed by atoms with van der Waals surface area (Å²) < 4.78 is 0. The topological polar surface area (TPSA) is 62.2 Å². The minimum atomic E-state index is -1.68. The number of amides is 1. The molecule has 4 nitrogen and oxygen atoms in total. The molecular weight excluding hydrogens is 324 g/mol. The van der Waals surface area contributed by atoms with Crippen molar-refractivity contribution in [3.8, 4) is 11.3 Å². The minimum absolute atomic E-state index is 0.430. The Labute approximate surface area is 153 Å². The number of pyridine rings is 1. The first-order valence-corrected chi connectivity index (χ1v) is 8.69. The monoisotopic (exact) mass is 348 g/mol. The van der Waals surface area contributed by atoms with E-state index in [0.717, 1.165) is 22.2 Å². The van der Waals surface area contributed by atoms with Gasteiger partial charge in [0.1, 0.15) is 0 Å². The Morgan fingerprint density at radius 1 is 0.962 bits per heavy atom. The van der Waals surface area contributed by atoms with Crippen LogP contribution in [0.5, 0.6) is 0 Å². The van der Waals surface area contributed by atoms with Gasteiger partial charge in [0.05, 0.1) is 11.2 Å². The molecular formula is C22H24N2O2. The van der Waals surface area contributed by atoms with Gasteiger partial charge in [-0.2, -0.15) is 0 Å².